The Morgan fingerprint density at radius 2 is 2.05 bits per heavy atom. The Kier molecular flexibility index (Phi) is 4.31. The van der Waals surface area contributed by atoms with E-state index in [1.807, 2.05) is 0 Å². The lowest BCUT2D eigenvalue weighted by atomic mass is 10.1. The minimum atomic E-state index is -4.69. The molecule has 104 valence electrons. The van der Waals surface area contributed by atoms with Gasteiger partial charge in [0.1, 0.15) is 0 Å². The van der Waals surface area contributed by atoms with Gasteiger partial charge < -0.3 is 15.6 Å². The van der Waals surface area contributed by atoms with Crippen LogP contribution in [0.1, 0.15) is 11.1 Å². The van der Waals surface area contributed by atoms with Crippen LogP contribution in [0.4, 0.5) is 18.9 Å². The van der Waals surface area contributed by atoms with Crippen molar-refractivity contribution in [3.05, 3.63) is 34.0 Å². The maximum absolute atomic E-state index is 12.7. The third kappa shape index (κ3) is 3.54. The molecular formula is C11H9ClF3NO3. The van der Waals surface area contributed by atoms with Crippen molar-refractivity contribution in [2.24, 2.45) is 0 Å². The smallest absolute Gasteiger partial charge is 0.418 e. The summed E-state index contributed by atoms with van der Waals surface area (Å²) in [4.78, 5) is 10.7. The fourth-order valence-corrected chi connectivity index (χ4v) is 1.54. The Morgan fingerprint density at radius 3 is 2.47 bits per heavy atom. The van der Waals surface area contributed by atoms with Gasteiger partial charge in [-0.3, -0.25) is 0 Å². The molecule has 0 saturated carbocycles. The summed E-state index contributed by atoms with van der Waals surface area (Å²) in [6.07, 6.45) is -3.77. The van der Waals surface area contributed by atoms with E-state index in [0.29, 0.717) is 6.07 Å². The molecule has 0 aliphatic rings. The quantitative estimate of drug-likeness (QED) is 0.511. The molecule has 0 unspecified atom stereocenters. The van der Waals surface area contributed by atoms with Gasteiger partial charge in [0.05, 0.1) is 23.4 Å². The van der Waals surface area contributed by atoms with Gasteiger partial charge in [-0.1, -0.05) is 11.6 Å². The number of ether oxygens (including phenoxy) is 1. The van der Waals surface area contributed by atoms with Crippen molar-refractivity contribution in [3.8, 4) is 0 Å². The largest absolute Gasteiger partial charge is 0.490 e. The number of carboxylic acids is 1. The van der Waals surface area contributed by atoms with Crippen molar-refractivity contribution in [2.75, 3.05) is 12.8 Å². The van der Waals surface area contributed by atoms with Gasteiger partial charge in [0.25, 0.3) is 0 Å². The molecule has 8 heteroatoms. The van der Waals surface area contributed by atoms with Crippen molar-refractivity contribution >= 4 is 29.3 Å². The molecule has 0 atom stereocenters. The van der Waals surface area contributed by atoms with Gasteiger partial charge in [-0.15, -0.1) is 0 Å². The minimum Gasteiger partial charge on any atom is -0.490 e. The van der Waals surface area contributed by atoms with Gasteiger partial charge in [0.15, 0.2) is 0 Å². The molecule has 4 nitrogen and oxygen atoms in total. The summed E-state index contributed by atoms with van der Waals surface area (Å²) in [5.74, 6) is -1.93. The van der Waals surface area contributed by atoms with Crippen LogP contribution in [-0.4, -0.2) is 18.2 Å². The molecule has 0 spiro atoms. The summed E-state index contributed by atoms with van der Waals surface area (Å²) in [5, 5.41) is 8.40. The molecular weight excluding hydrogens is 287 g/mol. The lowest BCUT2D eigenvalue weighted by molar-refractivity contribution is -0.137. The second-order valence-corrected chi connectivity index (χ2v) is 3.89. The number of carboxylic acid groups (broad SMARTS) is 1. The highest BCUT2D eigenvalue weighted by atomic mass is 35.5. The van der Waals surface area contributed by atoms with Gasteiger partial charge in [0.2, 0.25) is 5.76 Å². The molecule has 1 rings (SSSR count). The number of methoxy groups -OCH3 is 1. The van der Waals surface area contributed by atoms with Crippen molar-refractivity contribution in [1.29, 1.82) is 0 Å². The Morgan fingerprint density at radius 1 is 1.47 bits per heavy atom. The summed E-state index contributed by atoms with van der Waals surface area (Å²) < 4.78 is 42.6. The molecule has 0 aromatic heterocycles. The van der Waals surface area contributed by atoms with Gasteiger partial charge in [-0.2, -0.15) is 13.2 Å². The number of benzene rings is 1. The number of rotatable bonds is 3. The maximum atomic E-state index is 12.7. The minimum absolute atomic E-state index is 0.0780. The monoisotopic (exact) mass is 295 g/mol. The zero-order valence-electron chi connectivity index (χ0n) is 9.58. The molecule has 0 aliphatic carbocycles. The average molecular weight is 296 g/mol. The number of hydrogen-bond acceptors (Lipinski definition) is 3. The van der Waals surface area contributed by atoms with Crippen LogP contribution in [0, 0.1) is 0 Å². The van der Waals surface area contributed by atoms with E-state index in [4.69, 9.17) is 22.4 Å². The van der Waals surface area contributed by atoms with Gasteiger partial charge in [-0.05, 0) is 23.8 Å². The van der Waals surface area contributed by atoms with Crippen LogP contribution < -0.4 is 5.73 Å². The number of hydrogen-bond donors (Lipinski definition) is 2. The lowest BCUT2D eigenvalue weighted by Gasteiger charge is -2.12. The fourth-order valence-electron chi connectivity index (χ4n) is 1.32. The predicted octanol–water partition coefficient (Wildman–Crippen LogP) is 3.01. The maximum Gasteiger partial charge on any atom is 0.418 e. The first kappa shape index (κ1) is 15.2. The number of alkyl halides is 3. The van der Waals surface area contributed by atoms with E-state index in [9.17, 15) is 18.0 Å². The van der Waals surface area contributed by atoms with Crippen molar-refractivity contribution < 1.29 is 27.8 Å². The highest BCUT2D eigenvalue weighted by Gasteiger charge is 2.34. The Bertz CT molecular complexity index is 541. The van der Waals surface area contributed by atoms with E-state index in [2.05, 4.69) is 4.74 Å². The van der Waals surface area contributed by atoms with Gasteiger partial charge in [-0.25, -0.2) is 4.79 Å². The zero-order valence-corrected chi connectivity index (χ0v) is 10.3. The van der Waals surface area contributed by atoms with Crippen LogP contribution in [0.25, 0.3) is 6.08 Å². The molecule has 0 heterocycles. The third-order valence-corrected chi connectivity index (χ3v) is 2.50. The van der Waals surface area contributed by atoms with Crippen LogP contribution in [-0.2, 0) is 15.7 Å². The van der Waals surface area contributed by atoms with Crippen LogP contribution in [0.15, 0.2) is 17.9 Å². The molecule has 1 aromatic rings. The summed E-state index contributed by atoms with van der Waals surface area (Å²) in [7, 11) is 1.09. The molecule has 1 aromatic carbocycles. The highest BCUT2D eigenvalue weighted by Crippen LogP contribution is 2.38. The zero-order chi connectivity index (χ0) is 14.8. The Balaban J connectivity index is 3.40. The average Bonchev–Trinajstić information content (AvgIpc) is 2.28. The lowest BCUT2D eigenvalue weighted by Crippen LogP contribution is -2.10. The summed E-state index contributed by atoms with van der Waals surface area (Å²) >= 11 is 5.59. The Hall–Kier alpha value is -1.89. The van der Waals surface area contributed by atoms with Crippen LogP contribution in [0.2, 0.25) is 5.02 Å². The standard InChI is InChI=1S/C11H9ClF3NO3/c1-19-8(10(17)18)4-5-2-6(11(13,14)15)9(16)7(12)3-5/h2-4H,16H2,1H3,(H,17,18)/b8-4-. The van der Waals surface area contributed by atoms with Gasteiger partial charge >= 0.3 is 12.1 Å². The number of nitrogens with two attached hydrogens (primary N) is 1. The van der Waals surface area contributed by atoms with E-state index in [0.717, 1.165) is 19.3 Å². The predicted molar refractivity (Wildman–Crippen MR) is 63.5 cm³/mol. The van der Waals surface area contributed by atoms with E-state index in [1.54, 1.807) is 0 Å². The topological polar surface area (TPSA) is 72.5 Å². The summed E-state index contributed by atoms with van der Waals surface area (Å²) in [5.41, 5.74) is 3.42. The first-order valence-corrected chi connectivity index (χ1v) is 5.19. The third-order valence-electron chi connectivity index (χ3n) is 2.19. The normalized spacial score (nSPS) is 12.4. The molecule has 0 radical (unpaired) electrons. The van der Waals surface area contributed by atoms with E-state index in [-0.39, 0.29) is 10.6 Å². The molecule has 0 bridgehead atoms. The number of nitrogen functional groups attached to an aromatic ring is 1. The van der Waals surface area contributed by atoms with E-state index in [1.165, 1.54) is 0 Å². The molecule has 3 N–H and O–H groups in total. The van der Waals surface area contributed by atoms with Crippen LogP contribution in [0.5, 0.6) is 0 Å². The summed E-state index contributed by atoms with van der Waals surface area (Å²) in [6.45, 7) is 0. The van der Waals surface area contributed by atoms with E-state index >= 15 is 0 Å². The molecule has 19 heavy (non-hydrogen) atoms. The van der Waals surface area contributed by atoms with Crippen molar-refractivity contribution in [2.45, 2.75) is 6.18 Å². The van der Waals surface area contributed by atoms with Crippen LogP contribution in [0.3, 0.4) is 0 Å². The van der Waals surface area contributed by atoms with Crippen molar-refractivity contribution in [3.63, 3.8) is 0 Å². The number of carbonyl (C=O) groups is 1. The first-order valence-electron chi connectivity index (χ1n) is 4.82. The van der Waals surface area contributed by atoms with Crippen molar-refractivity contribution in [1.82, 2.24) is 0 Å². The first-order chi connectivity index (χ1) is 8.66. The fraction of sp³-hybridized carbons (Fsp3) is 0.182. The van der Waals surface area contributed by atoms with E-state index < -0.39 is 29.2 Å². The molecule has 0 fully saturated rings. The highest BCUT2D eigenvalue weighted by molar-refractivity contribution is 6.33. The molecule has 0 saturated heterocycles. The summed E-state index contributed by atoms with van der Waals surface area (Å²) in [6, 6.07) is 1.82. The number of halogens is 4. The molecule has 0 aliphatic heterocycles. The SMILES string of the molecule is CO/C(=C\c1cc(Cl)c(N)c(C(F)(F)F)c1)C(=O)O. The van der Waals surface area contributed by atoms with Gasteiger partial charge in [0, 0.05) is 0 Å². The molecule has 0 amide bonds. The number of aliphatic carboxylic acids is 1. The Labute approximate surface area is 111 Å². The van der Waals surface area contributed by atoms with Crippen LogP contribution >= 0.6 is 11.6 Å². The second-order valence-electron chi connectivity index (χ2n) is 3.48. The number of anilines is 1. The second kappa shape index (κ2) is 5.40.